The number of hydrogen-bond donors (Lipinski definition) is 5. The molecule has 16 nitrogen and oxygen atoms in total. The first kappa shape index (κ1) is 31.9. The third-order valence-corrected chi connectivity index (χ3v) is 8.75. The molecule has 7 rings (SSSR count). The molecule has 0 spiro atoms. The fraction of sp³-hybridized carbons (Fsp3) is 0.533. The van der Waals surface area contributed by atoms with Crippen LogP contribution in [0.25, 0.3) is 0 Å². The van der Waals surface area contributed by atoms with E-state index < -0.39 is 73.0 Å². The van der Waals surface area contributed by atoms with E-state index in [1.807, 2.05) is 0 Å². The van der Waals surface area contributed by atoms with Gasteiger partial charge in [0.15, 0.2) is 35.6 Å². The first-order chi connectivity index (χ1) is 22.0. The standard InChI is InChI=1S/C29H32O13.CH2O3/c1-11-36-9-20-27(40-11)24(31)25(32)29(41-20)42-26-14-7-17-16(38-10-39-17)6-13(14)21(22-15(26)8-37-28(22)33)12-4-18(34-2)23(30)19(5-12)35-3;2-1(3)4/h4-7,11,15,20-22,24-27,29-32H,8-10H2,1-3H3;(H2,2,3,4)/t11-,15?,20-,21-,22+,24-,25-,26?,27-,29+;/m1./s1. The van der Waals surface area contributed by atoms with Crippen LogP contribution >= 0.6 is 0 Å². The minimum atomic E-state index is -1.83. The molecule has 4 aliphatic heterocycles. The molecule has 2 aromatic rings. The quantitative estimate of drug-likeness (QED) is 0.290. The van der Waals surface area contributed by atoms with E-state index >= 15 is 0 Å². The van der Waals surface area contributed by atoms with E-state index in [1.165, 1.54) is 14.2 Å². The number of cyclic esters (lactones) is 1. The number of aliphatic hydroxyl groups excluding tert-OH is 2. The molecule has 4 heterocycles. The molecule has 0 bridgehead atoms. The van der Waals surface area contributed by atoms with Gasteiger partial charge in [-0.05, 0) is 47.9 Å². The molecule has 0 aromatic heterocycles. The van der Waals surface area contributed by atoms with Crippen LogP contribution in [0.2, 0.25) is 0 Å². The van der Waals surface area contributed by atoms with Crippen molar-refractivity contribution in [1.82, 2.24) is 0 Å². The molecule has 0 amide bonds. The largest absolute Gasteiger partial charge is 0.503 e. The zero-order chi connectivity index (χ0) is 32.9. The Kier molecular flexibility index (Phi) is 8.75. The second-order valence-corrected chi connectivity index (χ2v) is 11.3. The molecule has 3 fully saturated rings. The maximum Gasteiger partial charge on any atom is 0.503 e. The first-order valence-corrected chi connectivity index (χ1v) is 14.4. The Morgan fingerprint density at radius 1 is 0.891 bits per heavy atom. The van der Waals surface area contributed by atoms with Crippen LogP contribution in [0.15, 0.2) is 24.3 Å². The van der Waals surface area contributed by atoms with E-state index in [1.54, 1.807) is 31.2 Å². The highest BCUT2D eigenvalue weighted by molar-refractivity contribution is 5.79. The van der Waals surface area contributed by atoms with Crippen molar-refractivity contribution in [1.29, 1.82) is 0 Å². The van der Waals surface area contributed by atoms with Crippen molar-refractivity contribution in [2.24, 2.45) is 11.8 Å². The number of fused-ring (bicyclic) bond motifs is 4. The molecule has 3 saturated heterocycles. The molecule has 10 atom stereocenters. The number of carbonyl (C=O) groups is 2. The average molecular weight is 651 g/mol. The lowest BCUT2D eigenvalue weighted by Crippen LogP contribution is -2.63. The van der Waals surface area contributed by atoms with Gasteiger partial charge in [0.1, 0.15) is 24.4 Å². The number of aromatic hydroxyl groups is 1. The van der Waals surface area contributed by atoms with Crippen LogP contribution in [0.5, 0.6) is 28.7 Å². The number of phenols is 1. The lowest BCUT2D eigenvalue weighted by atomic mass is 9.66. The fourth-order valence-corrected chi connectivity index (χ4v) is 6.74. The van der Waals surface area contributed by atoms with E-state index in [0.29, 0.717) is 28.2 Å². The molecule has 0 saturated carbocycles. The predicted molar refractivity (Wildman–Crippen MR) is 149 cm³/mol. The number of rotatable bonds is 5. The highest BCUT2D eigenvalue weighted by Gasteiger charge is 2.56. The van der Waals surface area contributed by atoms with Crippen LogP contribution in [0.4, 0.5) is 4.79 Å². The van der Waals surface area contributed by atoms with Gasteiger partial charge in [-0.15, -0.1) is 0 Å². The Labute approximate surface area is 261 Å². The van der Waals surface area contributed by atoms with Crippen LogP contribution in [0, 0.1) is 11.8 Å². The van der Waals surface area contributed by atoms with Gasteiger partial charge in [0, 0.05) is 11.8 Å². The normalized spacial score (nSPS) is 33.8. The molecule has 5 N–H and O–H groups in total. The predicted octanol–water partition coefficient (Wildman–Crippen LogP) is 1.56. The lowest BCUT2D eigenvalue weighted by Gasteiger charge is -2.47. The summed E-state index contributed by atoms with van der Waals surface area (Å²) < 4.78 is 51.5. The molecule has 16 heteroatoms. The SMILES string of the molecule is COc1cc([C@@H]2c3cc4c(cc3C(O[C@@H]3O[C@@H]5CO[C@@H](C)O[C@H]5[C@H](O)[C@H]3O)C3COC(=O)[C@@H]32)OCO4)cc(OC)c1O.O=C(O)O. The Hall–Kier alpha value is -4.06. The topological polar surface area (TPSA) is 218 Å². The highest BCUT2D eigenvalue weighted by atomic mass is 16.8. The summed E-state index contributed by atoms with van der Waals surface area (Å²) in [5, 5.41) is 46.5. The molecule has 0 radical (unpaired) electrons. The van der Waals surface area contributed by atoms with Crippen molar-refractivity contribution in [3.8, 4) is 28.7 Å². The van der Waals surface area contributed by atoms with E-state index in [4.69, 9.17) is 57.6 Å². The van der Waals surface area contributed by atoms with E-state index in [9.17, 15) is 20.1 Å². The summed E-state index contributed by atoms with van der Waals surface area (Å²) in [6, 6.07) is 6.93. The second kappa shape index (κ2) is 12.6. The monoisotopic (exact) mass is 650 g/mol. The van der Waals surface area contributed by atoms with Crippen molar-refractivity contribution < 1.29 is 77.8 Å². The van der Waals surface area contributed by atoms with E-state index in [0.717, 1.165) is 0 Å². The third kappa shape index (κ3) is 5.61. The molecule has 2 unspecified atom stereocenters. The van der Waals surface area contributed by atoms with Gasteiger partial charge >= 0.3 is 12.1 Å². The van der Waals surface area contributed by atoms with Gasteiger partial charge in [-0.2, -0.15) is 0 Å². The minimum absolute atomic E-state index is 0.0301. The summed E-state index contributed by atoms with van der Waals surface area (Å²) in [4.78, 5) is 21.9. The summed E-state index contributed by atoms with van der Waals surface area (Å²) in [7, 11) is 2.86. The van der Waals surface area contributed by atoms with Crippen LogP contribution in [0.3, 0.4) is 0 Å². The Morgan fingerprint density at radius 3 is 2.15 bits per heavy atom. The van der Waals surface area contributed by atoms with Gasteiger partial charge in [0.2, 0.25) is 12.5 Å². The van der Waals surface area contributed by atoms with Crippen LogP contribution in [-0.4, -0.2) is 109 Å². The Morgan fingerprint density at radius 2 is 1.52 bits per heavy atom. The average Bonchev–Trinajstić information content (AvgIpc) is 3.65. The third-order valence-electron chi connectivity index (χ3n) is 8.75. The summed E-state index contributed by atoms with van der Waals surface area (Å²) in [6.07, 6.45) is -8.63. The van der Waals surface area contributed by atoms with Crippen LogP contribution in [0.1, 0.15) is 35.6 Å². The molecule has 1 aliphatic carbocycles. The zero-order valence-electron chi connectivity index (χ0n) is 24.9. The fourth-order valence-electron chi connectivity index (χ4n) is 6.74. The van der Waals surface area contributed by atoms with Crippen molar-refractivity contribution in [2.45, 2.75) is 55.9 Å². The number of carbonyl (C=O) groups excluding carboxylic acids is 1. The smallest absolute Gasteiger partial charge is 0.502 e. The molecular formula is C30H34O16. The molecule has 2 aromatic carbocycles. The molecule has 46 heavy (non-hydrogen) atoms. The number of phenolic OH excluding ortho intramolecular Hbond substituents is 1. The van der Waals surface area contributed by atoms with Crippen molar-refractivity contribution >= 4 is 12.1 Å². The van der Waals surface area contributed by atoms with Crippen LogP contribution < -0.4 is 18.9 Å². The van der Waals surface area contributed by atoms with Gasteiger partial charge in [-0.1, -0.05) is 0 Å². The van der Waals surface area contributed by atoms with Gasteiger partial charge in [0.25, 0.3) is 0 Å². The molecule has 250 valence electrons. The zero-order valence-corrected chi connectivity index (χ0v) is 24.9. The van der Waals surface area contributed by atoms with Gasteiger partial charge in [0.05, 0.1) is 39.5 Å². The molecule has 5 aliphatic rings. The summed E-state index contributed by atoms with van der Waals surface area (Å²) in [5.41, 5.74) is 2.01. The number of esters is 1. The van der Waals surface area contributed by atoms with Gasteiger partial charge in [-0.3, -0.25) is 4.79 Å². The maximum absolute atomic E-state index is 13.4. The number of benzene rings is 2. The highest BCUT2D eigenvalue weighted by Crippen LogP contribution is 2.57. The van der Waals surface area contributed by atoms with Crippen LogP contribution in [-0.2, 0) is 28.5 Å². The number of aliphatic hydroxyl groups is 2. The summed E-state index contributed by atoms with van der Waals surface area (Å²) in [6.45, 7) is 1.93. The summed E-state index contributed by atoms with van der Waals surface area (Å²) in [5.74, 6) is -1.02. The summed E-state index contributed by atoms with van der Waals surface area (Å²) >= 11 is 0. The number of hydrogen-bond acceptors (Lipinski definition) is 14. The van der Waals surface area contributed by atoms with E-state index in [2.05, 4.69) is 0 Å². The number of ether oxygens (including phenoxy) is 9. The number of carboxylic acid groups (broad SMARTS) is 2. The van der Waals surface area contributed by atoms with Crippen molar-refractivity contribution in [3.05, 3.63) is 41.0 Å². The van der Waals surface area contributed by atoms with Crippen molar-refractivity contribution in [2.75, 3.05) is 34.2 Å². The maximum atomic E-state index is 13.4. The Balaban J connectivity index is 0.000000879. The lowest BCUT2D eigenvalue weighted by molar-refractivity contribution is -0.364. The van der Waals surface area contributed by atoms with Gasteiger partial charge < -0.3 is 68.2 Å². The van der Waals surface area contributed by atoms with E-state index in [-0.39, 0.29) is 37.3 Å². The Bertz CT molecular complexity index is 1450. The first-order valence-electron chi connectivity index (χ1n) is 14.4. The van der Waals surface area contributed by atoms with Crippen molar-refractivity contribution in [3.63, 3.8) is 0 Å². The second-order valence-electron chi connectivity index (χ2n) is 11.3. The molecular weight excluding hydrogens is 616 g/mol. The minimum Gasteiger partial charge on any atom is -0.502 e. The van der Waals surface area contributed by atoms with Gasteiger partial charge in [-0.25, -0.2) is 4.79 Å². The number of methoxy groups -OCH3 is 2.